The minimum absolute atomic E-state index is 0.212. The van der Waals surface area contributed by atoms with Crippen LogP contribution in [0, 0.1) is 0 Å². The maximum atomic E-state index is 12.5. The van der Waals surface area contributed by atoms with Crippen molar-refractivity contribution in [3.05, 3.63) is 54.2 Å². The number of aromatic nitrogens is 2. The molecule has 0 aliphatic carbocycles. The molecule has 0 aliphatic rings. The molecular formula is C18H23N3O3. The molecule has 1 heterocycles. The Bertz CT molecular complexity index is 716. The van der Waals surface area contributed by atoms with Crippen molar-refractivity contribution in [3.8, 4) is 5.75 Å². The number of amides is 1. The summed E-state index contributed by atoms with van der Waals surface area (Å²) < 4.78 is 10.8. The molecule has 6 nitrogen and oxygen atoms in total. The third-order valence-electron chi connectivity index (χ3n) is 3.32. The lowest BCUT2D eigenvalue weighted by atomic mass is 9.96. The van der Waals surface area contributed by atoms with Gasteiger partial charge in [-0.3, -0.25) is 4.79 Å². The van der Waals surface area contributed by atoms with Crippen molar-refractivity contribution in [1.29, 1.82) is 0 Å². The highest BCUT2D eigenvalue weighted by Gasteiger charge is 2.24. The third kappa shape index (κ3) is 4.22. The van der Waals surface area contributed by atoms with Crippen molar-refractivity contribution in [1.82, 2.24) is 15.5 Å². The van der Waals surface area contributed by atoms with E-state index in [1.807, 2.05) is 26.8 Å². The highest BCUT2D eigenvalue weighted by molar-refractivity contribution is 5.97. The molecule has 1 N–H and O–H groups in total. The van der Waals surface area contributed by atoms with Gasteiger partial charge >= 0.3 is 0 Å². The molecule has 1 amide bonds. The summed E-state index contributed by atoms with van der Waals surface area (Å²) in [4.78, 5) is 16.9. The van der Waals surface area contributed by atoms with Crippen molar-refractivity contribution in [2.75, 3.05) is 6.61 Å². The number of hydrogen-bond acceptors (Lipinski definition) is 5. The van der Waals surface area contributed by atoms with Crippen LogP contribution in [-0.4, -0.2) is 22.7 Å². The van der Waals surface area contributed by atoms with Crippen LogP contribution in [0.25, 0.3) is 0 Å². The summed E-state index contributed by atoms with van der Waals surface area (Å²) in [5.74, 6) is 1.21. The van der Waals surface area contributed by atoms with E-state index >= 15 is 0 Å². The summed E-state index contributed by atoms with van der Waals surface area (Å²) >= 11 is 0. The van der Waals surface area contributed by atoms with Gasteiger partial charge in [-0.2, -0.15) is 4.98 Å². The minimum Gasteiger partial charge on any atom is -0.489 e. The lowest BCUT2D eigenvalue weighted by molar-refractivity contribution is 0.0929. The molecule has 0 unspecified atom stereocenters. The largest absolute Gasteiger partial charge is 0.489 e. The Morgan fingerprint density at radius 3 is 2.75 bits per heavy atom. The van der Waals surface area contributed by atoms with E-state index in [1.54, 1.807) is 31.2 Å². The van der Waals surface area contributed by atoms with Gasteiger partial charge in [-0.15, -0.1) is 0 Å². The number of nitrogens with one attached hydrogen (secondary N) is 1. The van der Waals surface area contributed by atoms with E-state index in [2.05, 4.69) is 22.0 Å². The van der Waals surface area contributed by atoms with Crippen molar-refractivity contribution >= 4 is 5.91 Å². The molecular weight excluding hydrogens is 306 g/mol. The van der Waals surface area contributed by atoms with Crippen molar-refractivity contribution < 1.29 is 14.1 Å². The van der Waals surface area contributed by atoms with Crippen LogP contribution in [0.1, 0.15) is 55.8 Å². The van der Waals surface area contributed by atoms with Gasteiger partial charge in [-0.05, 0) is 19.1 Å². The fourth-order valence-electron chi connectivity index (χ4n) is 1.98. The Morgan fingerprint density at radius 1 is 1.42 bits per heavy atom. The molecule has 1 aromatic carbocycles. The molecule has 2 rings (SSSR count). The Hall–Kier alpha value is -2.63. The molecule has 0 bridgehead atoms. The molecule has 2 aromatic rings. The summed E-state index contributed by atoms with van der Waals surface area (Å²) in [6.45, 7) is 11.7. The molecule has 0 saturated heterocycles. The zero-order chi connectivity index (χ0) is 17.7. The summed E-state index contributed by atoms with van der Waals surface area (Å²) in [5.41, 5.74) is 0.234. The number of hydrogen-bond donors (Lipinski definition) is 1. The van der Waals surface area contributed by atoms with Gasteiger partial charge in [0.1, 0.15) is 18.4 Å². The van der Waals surface area contributed by atoms with Gasteiger partial charge in [-0.25, -0.2) is 0 Å². The molecule has 6 heteroatoms. The van der Waals surface area contributed by atoms with Crippen molar-refractivity contribution in [3.63, 3.8) is 0 Å². The van der Waals surface area contributed by atoms with E-state index in [1.165, 1.54) is 0 Å². The average molecular weight is 329 g/mol. The second-order valence-corrected chi connectivity index (χ2v) is 6.50. The number of carbonyl (C=O) groups excluding carboxylic acids is 1. The second-order valence-electron chi connectivity index (χ2n) is 6.50. The fourth-order valence-corrected chi connectivity index (χ4v) is 1.98. The fraction of sp³-hybridized carbons (Fsp3) is 0.389. The average Bonchev–Trinajstić information content (AvgIpc) is 3.03. The molecule has 0 fully saturated rings. The second kappa shape index (κ2) is 7.29. The van der Waals surface area contributed by atoms with Crippen molar-refractivity contribution in [2.45, 2.75) is 39.2 Å². The van der Waals surface area contributed by atoms with Gasteiger partial charge in [0.2, 0.25) is 5.89 Å². The van der Waals surface area contributed by atoms with Gasteiger partial charge in [-0.1, -0.05) is 50.7 Å². The number of benzene rings is 1. The minimum atomic E-state index is -0.409. The monoisotopic (exact) mass is 329 g/mol. The van der Waals surface area contributed by atoms with Crippen LogP contribution < -0.4 is 10.1 Å². The van der Waals surface area contributed by atoms with E-state index < -0.39 is 6.04 Å². The van der Waals surface area contributed by atoms with E-state index in [9.17, 15) is 4.79 Å². The van der Waals surface area contributed by atoms with Crippen LogP contribution in [0.4, 0.5) is 0 Å². The Kier molecular flexibility index (Phi) is 5.39. The maximum Gasteiger partial charge on any atom is 0.255 e. The van der Waals surface area contributed by atoms with Crippen LogP contribution in [0.15, 0.2) is 41.4 Å². The topological polar surface area (TPSA) is 77.2 Å². The standard InChI is InChI=1S/C18H23N3O3/c1-6-11-23-14-10-8-7-9-13(14)15(22)19-12(2)16-20-17(21-24-16)18(3,4)5/h6-10,12H,1,11H2,2-5H3,(H,19,22)/t12-/m1/s1. The number of nitrogens with zero attached hydrogens (tertiary/aromatic N) is 2. The summed E-state index contributed by atoms with van der Waals surface area (Å²) in [6, 6.07) is 6.63. The normalized spacial score (nSPS) is 12.5. The van der Waals surface area contributed by atoms with Crippen LogP contribution in [0.5, 0.6) is 5.75 Å². The number of para-hydroxylation sites is 1. The predicted molar refractivity (Wildman–Crippen MR) is 91.0 cm³/mol. The quantitative estimate of drug-likeness (QED) is 0.822. The van der Waals surface area contributed by atoms with Gasteiger partial charge < -0.3 is 14.6 Å². The molecule has 1 atom stereocenters. The highest BCUT2D eigenvalue weighted by atomic mass is 16.5. The maximum absolute atomic E-state index is 12.5. The molecule has 0 aliphatic heterocycles. The Balaban J connectivity index is 2.12. The zero-order valence-electron chi connectivity index (χ0n) is 14.5. The van der Waals surface area contributed by atoms with Gasteiger partial charge in [0.25, 0.3) is 5.91 Å². The Morgan fingerprint density at radius 2 is 2.12 bits per heavy atom. The third-order valence-corrected chi connectivity index (χ3v) is 3.32. The molecule has 0 saturated carbocycles. The van der Waals surface area contributed by atoms with E-state index in [0.29, 0.717) is 29.6 Å². The zero-order valence-corrected chi connectivity index (χ0v) is 14.5. The number of carbonyl (C=O) groups is 1. The smallest absolute Gasteiger partial charge is 0.255 e. The molecule has 1 aromatic heterocycles. The molecule has 0 spiro atoms. The van der Waals surface area contributed by atoms with E-state index in [0.717, 1.165) is 0 Å². The van der Waals surface area contributed by atoms with E-state index in [-0.39, 0.29) is 11.3 Å². The Labute approximate surface area is 141 Å². The molecule has 128 valence electrons. The van der Waals surface area contributed by atoms with Crippen LogP contribution >= 0.6 is 0 Å². The summed E-state index contributed by atoms with van der Waals surface area (Å²) in [6.07, 6.45) is 1.63. The first-order valence-electron chi connectivity index (χ1n) is 7.80. The van der Waals surface area contributed by atoms with Crippen LogP contribution in [0.3, 0.4) is 0 Å². The first-order valence-corrected chi connectivity index (χ1v) is 7.80. The molecule has 0 radical (unpaired) electrons. The van der Waals surface area contributed by atoms with Crippen molar-refractivity contribution in [2.24, 2.45) is 0 Å². The van der Waals surface area contributed by atoms with E-state index in [4.69, 9.17) is 9.26 Å². The van der Waals surface area contributed by atoms with Crippen LogP contribution in [-0.2, 0) is 5.41 Å². The summed E-state index contributed by atoms with van der Waals surface area (Å²) in [7, 11) is 0. The van der Waals surface area contributed by atoms with Crippen LogP contribution in [0.2, 0.25) is 0 Å². The molecule has 24 heavy (non-hydrogen) atoms. The lowest BCUT2D eigenvalue weighted by Gasteiger charge is -2.13. The first-order chi connectivity index (χ1) is 11.3. The summed E-state index contributed by atoms with van der Waals surface area (Å²) in [5, 5.41) is 6.83. The predicted octanol–water partition coefficient (Wildman–Crippen LogP) is 3.42. The van der Waals surface area contributed by atoms with Gasteiger partial charge in [0.15, 0.2) is 5.82 Å². The first kappa shape index (κ1) is 17.7. The SMILES string of the molecule is C=CCOc1ccccc1C(=O)N[C@H](C)c1nc(C(C)(C)C)no1. The number of ether oxygens (including phenoxy) is 1. The lowest BCUT2D eigenvalue weighted by Crippen LogP contribution is -2.27. The van der Waals surface area contributed by atoms with Gasteiger partial charge in [0, 0.05) is 5.41 Å². The van der Waals surface area contributed by atoms with Gasteiger partial charge in [0.05, 0.1) is 5.56 Å². The highest BCUT2D eigenvalue weighted by Crippen LogP contribution is 2.22. The number of rotatable bonds is 6.